The van der Waals surface area contributed by atoms with Crippen molar-refractivity contribution < 1.29 is 49.8 Å². The number of ether oxygens (including phenoxy) is 2. The SMILES string of the molecule is COc1ccc(OCC(=O)NN/C(C)=C/C(=O)C(F)(F)C(F)(F)C(F)(F)F)cc1. The average molecular weight is 432 g/mol. The number of hydrazine groups is 1. The lowest BCUT2D eigenvalue weighted by Gasteiger charge is -2.26. The van der Waals surface area contributed by atoms with Crippen LogP contribution in [0.25, 0.3) is 0 Å². The van der Waals surface area contributed by atoms with Crippen LogP contribution in [0.1, 0.15) is 6.92 Å². The van der Waals surface area contributed by atoms with E-state index in [0.29, 0.717) is 5.75 Å². The number of nitrogens with one attached hydrogen (secondary N) is 2. The summed E-state index contributed by atoms with van der Waals surface area (Å²) in [5.41, 5.74) is 3.18. The fourth-order valence-electron chi connectivity index (χ4n) is 1.68. The van der Waals surface area contributed by atoms with E-state index in [4.69, 9.17) is 9.47 Å². The van der Waals surface area contributed by atoms with Crippen LogP contribution in [0.3, 0.4) is 0 Å². The Bertz CT molecular complexity index is 762. The number of rotatable bonds is 9. The lowest BCUT2D eigenvalue weighted by Crippen LogP contribution is -2.55. The smallest absolute Gasteiger partial charge is 0.460 e. The third-order valence-electron chi connectivity index (χ3n) is 3.24. The lowest BCUT2D eigenvalue weighted by molar-refractivity contribution is -0.342. The van der Waals surface area contributed by atoms with Gasteiger partial charge in [-0.15, -0.1) is 0 Å². The first-order valence-corrected chi connectivity index (χ1v) is 7.59. The number of amides is 1. The summed E-state index contributed by atoms with van der Waals surface area (Å²) in [7, 11) is 1.44. The van der Waals surface area contributed by atoms with E-state index < -0.39 is 42.0 Å². The zero-order valence-corrected chi connectivity index (χ0v) is 14.9. The molecule has 0 atom stereocenters. The van der Waals surface area contributed by atoms with Gasteiger partial charge in [-0.25, -0.2) is 0 Å². The predicted octanol–water partition coefficient (Wildman–Crippen LogP) is 3.00. The molecule has 0 unspecified atom stereocenters. The molecule has 2 N–H and O–H groups in total. The van der Waals surface area contributed by atoms with Crippen LogP contribution in [-0.2, 0) is 9.59 Å². The molecular weight excluding hydrogens is 417 g/mol. The number of hydrogen-bond acceptors (Lipinski definition) is 5. The Hall–Kier alpha value is -2.99. The van der Waals surface area contributed by atoms with E-state index >= 15 is 0 Å². The van der Waals surface area contributed by atoms with E-state index in [1.807, 2.05) is 10.9 Å². The second-order valence-corrected chi connectivity index (χ2v) is 5.48. The Kier molecular flexibility index (Phi) is 7.47. The van der Waals surface area contributed by atoms with Crippen molar-refractivity contribution in [3.05, 3.63) is 36.0 Å². The van der Waals surface area contributed by atoms with Gasteiger partial charge in [0, 0.05) is 11.8 Å². The Morgan fingerprint density at radius 2 is 1.48 bits per heavy atom. The maximum absolute atomic E-state index is 13.2. The molecule has 1 rings (SSSR count). The number of carbonyl (C=O) groups is 2. The van der Waals surface area contributed by atoms with Crippen LogP contribution in [0.15, 0.2) is 36.0 Å². The fourth-order valence-corrected chi connectivity index (χ4v) is 1.68. The third-order valence-corrected chi connectivity index (χ3v) is 3.24. The summed E-state index contributed by atoms with van der Waals surface area (Å²) >= 11 is 0. The minimum Gasteiger partial charge on any atom is -0.497 e. The van der Waals surface area contributed by atoms with E-state index in [1.165, 1.54) is 19.2 Å². The highest BCUT2D eigenvalue weighted by Crippen LogP contribution is 2.47. The molecule has 13 heteroatoms. The van der Waals surface area contributed by atoms with Crippen molar-refractivity contribution in [2.24, 2.45) is 0 Å². The average Bonchev–Trinajstić information content (AvgIpc) is 2.63. The minimum absolute atomic E-state index is 0.190. The first kappa shape index (κ1) is 24.0. The summed E-state index contributed by atoms with van der Waals surface area (Å²) in [4.78, 5) is 22.7. The Balaban J connectivity index is 2.61. The van der Waals surface area contributed by atoms with Crippen LogP contribution in [0, 0.1) is 0 Å². The molecule has 6 nitrogen and oxygen atoms in total. The Morgan fingerprint density at radius 3 is 1.97 bits per heavy atom. The van der Waals surface area contributed by atoms with E-state index in [-0.39, 0.29) is 11.8 Å². The summed E-state index contributed by atoms with van der Waals surface area (Å²) in [5, 5.41) is 0. The van der Waals surface area contributed by atoms with Crippen LogP contribution in [0.2, 0.25) is 0 Å². The van der Waals surface area contributed by atoms with Gasteiger partial charge in [-0.2, -0.15) is 30.7 Å². The van der Waals surface area contributed by atoms with Crippen LogP contribution in [0.4, 0.5) is 30.7 Å². The zero-order chi connectivity index (χ0) is 22.5. The fraction of sp³-hybridized carbons (Fsp3) is 0.375. The zero-order valence-electron chi connectivity index (χ0n) is 14.9. The highest BCUT2D eigenvalue weighted by molar-refractivity contribution is 5.97. The second kappa shape index (κ2) is 9.01. The number of methoxy groups -OCH3 is 1. The molecule has 0 spiro atoms. The van der Waals surface area contributed by atoms with Gasteiger partial charge in [0.25, 0.3) is 5.91 Å². The molecule has 0 heterocycles. The highest BCUT2D eigenvalue weighted by Gasteiger charge is 2.75. The summed E-state index contributed by atoms with van der Waals surface area (Å²) in [5.74, 6) is -15.5. The van der Waals surface area contributed by atoms with Gasteiger partial charge in [0.1, 0.15) is 11.5 Å². The van der Waals surface area contributed by atoms with Gasteiger partial charge in [-0.1, -0.05) is 0 Å². The first-order valence-electron chi connectivity index (χ1n) is 7.59. The van der Waals surface area contributed by atoms with Crippen molar-refractivity contribution in [3.8, 4) is 11.5 Å². The molecule has 0 saturated heterocycles. The number of ketones is 1. The standard InChI is InChI=1S/C16H15F7N2O4/c1-9(7-12(26)14(17,18)15(19,20)16(21,22)23)24-25-13(27)8-29-11-5-3-10(28-2)4-6-11/h3-7,24H,8H2,1-2H3,(H,25,27)/b9-7+. The summed E-state index contributed by atoms with van der Waals surface area (Å²) in [6.45, 7) is 0.313. The van der Waals surface area contributed by atoms with Crippen molar-refractivity contribution in [2.45, 2.75) is 24.9 Å². The maximum atomic E-state index is 13.2. The van der Waals surface area contributed by atoms with Crippen LogP contribution < -0.4 is 20.3 Å². The van der Waals surface area contributed by atoms with Crippen molar-refractivity contribution in [1.29, 1.82) is 0 Å². The molecule has 0 aliphatic rings. The number of benzene rings is 1. The van der Waals surface area contributed by atoms with Crippen molar-refractivity contribution in [3.63, 3.8) is 0 Å². The number of allylic oxidation sites excluding steroid dienone is 2. The van der Waals surface area contributed by atoms with Gasteiger partial charge in [-0.3, -0.25) is 15.0 Å². The number of hydrogen-bond donors (Lipinski definition) is 2. The molecule has 0 aromatic heterocycles. The van der Waals surface area contributed by atoms with Crippen LogP contribution >= 0.6 is 0 Å². The maximum Gasteiger partial charge on any atom is 0.460 e. The number of carbonyl (C=O) groups excluding carboxylic acids is 2. The van der Waals surface area contributed by atoms with Crippen LogP contribution in [0.5, 0.6) is 11.5 Å². The van der Waals surface area contributed by atoms with E-state index in [1.54, 1.807) is 12.1 Å². The molecule has 0 aliphatic carbocycles. The molecule has 0 radical (unpaired) electrons. The largest absolute Gasteiger partial charge is 0.497 e. The molecule has 0 fully saturated rings. The second-order valence-electron chi connectivity index (χ2n) is 5.48. The number of halogens is 7. The molecule has 1 aromatic carbocycles. The molecule has 0 saturated carbocycles. The van der Waals surface area contributed by atoms with Gasteiger partial charge in [-0.05, 0) is 31.2 Å². The van der Waals surface area contributed by atoms with E-state index in [9.17, 15) is 40.3 Å². The number of alkyl halides is 7. The minimum atomic E-state index is -6.63. The first-order chi connectivity index (χ1) is 13.2. The normalized spacial score (nSPS) is 12.9. The van der Waals surface area contributed by atoms with E-state index in [2.05, 4.69) is 0 Å². The predicted molar refractivity (Wildman–Crippen MR) is 84.5 cm³/mol. The monoisotopic (exact) mass is 432 g/mol. The van der Waals surface area contributed by atoms with Crippen molar-refractivity contribution >= 4 is 11.7 Å². The van der Waals surface area contributed by atoms with Gasteiger partial charge >= 0.3 is 18.0 Å². The topological polar surface area (TPSA) is 76.7 Å². The quantitative estimate of drug-likeness (QED) is 0.357. The van der Waals surface area contributed by atoms with Crippen molar-refractivity contribution in [1.82, 2.24) is 10.9 Å². The molecule has 0 aliphatic heterocycles. The summed E-state index contributed by atoms with van der Waals surface area (Å²) < 4.78 is 98.1. The Labute approximate surface area is 159 Å². The molecule has 29 heavy (non-hydrogen) atoms. The van der Waals surface area contributed by atoms with E-state index in [0.717, 1.165) is 6.92 Å². The van der Waals surface area contributed by atoms with Gasteiger partial charge in [0.05, 0.1) is 7.11 Å². The van der Waals surface area contributed by atoms with Gasteiger partial charge in [0.2, 0.25) is 5.78 Å². The summed E-state index contributed by atoms with van der Waals surface area (Å²) in [6.07, 6.45) is -6.82. The third kappa shape index (κ3) is 5.99. The molecule has 0 bridgehead atoms. The molecule has 1 aromatic rings. The lowest BCUT2D eigenvalue weighted by atomic mass is 10.1. The summed E-state index contributed by atoms with van der Waals surface area (Å²) in [6, 6.07) is 6.04. The molecular formula is C16H15F7N2O4. The van der Waals surface area contributed by atoms with Crippen molar-refractivity contribution in [2.75, 3.05) is 13.7 Å². The van der Waals surface area contributed by atoms with Gasteiger partial charge in [0.15, 0.2) is 6.61 Å². The molecule has 162 valence electrons. The highest BCUT2D eigenvalue weighted by atomic mass is 19.4. The van der Waals surface area contributed by atoms with Crippen LogP contribution in [-0.4, -0.2) is 43.4 Å². The van der Waals surface area contributed by atoms with Gasteiger partial charge < -0.3 is 14.9 Å². The Morgan fingerprint density at radius 1 is 0.966 bits per heavy atom. The molecule has 1 amide bonds.